The first-order valence-corrected chi connectivity index (χ1v) is 27.1. The molecule has 18 heteroatoms. The van der Waals surface area contributed by atoms with E-state index in [1.165, 1.54) is 55.3 Å². The van der Waals surface area contributed by atoms with Gasteiger partial charge in [0.05, 0.1) is 57.5 Å². The maximum absolute atomic E-state index is 13.3. The Bertz CT molecular complexity index is 3060. The number of para-hydroxylation sites is 2. The number of nitrogens with zero attached hydrogens (tertiary/aromatic N) is 8. The molecule has 2 aliphatic carbocycles. The highest BCUT2D eigenvalue weighted by Crippen LogP contribution is 2.49. The highest BCUT2D eigenvalue weighted by atomic mass is 35.5. The van der Waals surface area contributed by atoms with E-state index in [0.29, 0.717) is 116 Å². The summed E-state index contributed by atoms with van der Waals surface area (Å²) in [5, 5.41) is 11.8. The Morgan fingerprint density at radius 1 is 0.553 bits per heavy atom. The number of morpholine rings is 2. The van der Waals surface area contributed by atoms with Gasteiger partial charge in [-0.3, -0.25) is 9.59 Å². The number of halogens is 2. The van der Waals surface area contributed by atoms with Gasteiger partial charge in [-0.1, -0.05) is 74.9 Å². The molecule has 2 aromatic carbocycles. The molecular weight excluding hydrogens is 1010 g/mol. The third-order valence-electron chi connectivity index (χ3n) is 16.2. The van der Waals surface area contributed by atoms with Gasteiger partial charge in [-0.15, -0.1) is 24.8 Å². The predicted octanol–water partition coefficient (Wildman–Crippen LogP) is 9.58. The van der Waals surface area contributed by atoms with Gasteiger partial charge in [-0.2, -0.15) is 0 Å². The van der Waals surface area contributed by atoms with Gasteiger partial charge in [0, 0.05) is 85.6 Å². The maximum Gasteiger partial charge on any atom is 0.356 e. The molecule has 6 aromatic rings. The Balaban J connectivity index is 0.000000181. The first-order chi connectivity index (χ1) is 36.3. The minimum absolute atomic E-state index is 0. The van der Waals surface area contributed by atoms with Crippen LogP contribution in [-0.4, -0.2) is 143 Å². The third-order valence-corrected chi connectivity index (χ3v) is 16.2. The molecule has 0 spiro atoms. The van der Waals surface area contributed by atoms with E-state index in [-0.39, 0.29) is 42.3 Å². The summed E-state index contributed by atoms with van der Waals surface area (Å²) in [6.07, 6.45) is 12.0. The zero-order valence-electron chi connectivity index (χ0n) is 43.5. The molecular formula is C58H70Cl2N8O8. The molecule has 2 saturated carbocycles. The number of aromatic carboxylic acids is 1. The number of pyridine rings is 2. The molecule has 4 aromatic heterocycles. The molecule has 16 nitrogen and oxygen atoms in total. The topological polar surface area (TPSA) is 165 Å². The van der Waals surface area contributed by atoms with Crippen LogP contribution in [0.5, 0.6) is 0 Å². The first kappa shape index (κ1) is 54.6. The van der Waals surface area contributed by atoms with E-state index in [2.05, 4.69) is 72.4 Å². The summed E-state index contributed by atoms with van der Waals surface area (Å²) < 4.78 is 20.7. The van der Waals surface area contributed by atoms with Crippen LogP contribution in [0.25, 0.3) is 44.6 Å². The lowest BCUT2D eigenvalue weighted by Gasteiger charge is -2.31. The molecule has 6 aliphatic rings. The lowest BCUT2D eigenvalue weighted by Crippen LogP contribution is -2.46. The van der Waals surface area contributed by atoms with E-state index in [1.807, 2.05) is 34.9 Å². The molecule has 4 fully saturated rings. The van der Waals surface area contributed by atoms with Crippen molar-refractivity contribution in [3.05, 3.63) is 95.3 Å². The van der Waals surface area contributed by atoms with Gasteiger partial charge in [0.1, 0.15) is 11.3 Å². The largest absolute Gasteiger partial charge is 0.477 e. The Morgan fingerprint density at radius 2 is 0.974 bits per heavy atom. The normalized spacial score (nSPS) is 17.9. The Hall–Kier alpha value is -6.20. The van der Waals surface area contributed by atoms with Crippen LogP contribution in [0.15, 0.2) is 72.8 Å². The number of ether oxygens (including phenoxy) is 3. The van der Waals surface area contributed by atoms with E-state index in [9.17, 15) is 24.3 Å². The van der Waals surface area contributed by atoms with Crippen LogP contribution in [0, 0.1) is 0 Å². The van der Waals surface area contributed by atoms with E-state index in [0.717, 1.165) is 75.9 Å². The molecule has 0 atom stereocenters. The number of hydrogen-bond acceptors (Lipinski definition) is 11. The quantitative estimate of drug-likeness (QED) is 0.137. The number of anilines is 2. The number of esters is 1. The highest BCUT2D eigenvalue weighted by Gasteiger charge is 2.35. The number of rotatable bonds is 9. The molecule has 0 bridgehead atoms. The number of carboxylic acids is 1. The van der Waals surface area contributed by atoms with Gasteiger partial charge in [0.15, 0.2) is 11.4 Å². The zero-order chi connectivity index (χ0) is 50.7. The summed E-state index contributed by atoms with van der Waals surface area (Å²) in [6, 6.07) is 24.3. The SMILES string of the molecule is CCOC(=O)c1ccc2c(C3CCCCC3)c3n(c2n1)CCN(CC(=O)N1CCOCC1)c1ccccc1-3.Cl.Cl.O=C(O)c1ccc2c(C3CCCCC3)c3n(c2n1)CCN(CC(=O)N1CCOCC1)c1ccccc1-3. The van der Waals surface area contributed by atoms with Crippen LogP contribution in [0.4, 0.5) is 11.4 Å². The molecule has 2 saturated heterocycles. The third kappa shape index (κ3) is 10.9. The Kier molecular flexibility index (Phi) is 17.5. The fraction of sp³-hybridized carbons (Fsp3) is 0.483. The van der Waals surface area contributed by atoms with Gasteiger partial charge >= 0.3 is 11.9 Å². The van der Waals surface area contributed by atoms with E-state index < -0.39 is 11.9 Å². The average Bonchev–Trinajstić information content (AvgIpc) is 3.88. The van der Waals surface area contributed by atoms with Crippen molar-refractivity contribution >= 4 is 82.0 Å². The molecule has 2 amide bonds. The highest BCUT2D eigenvalue weighted by molar-refractivity contribution is 5.99. The fourth-order valence-electron chi connectivity index (χ4n) is 12.6. The van der Waals surface area contributed by atoms with Gasteiger partial charge in [0.2, 0.25) is 11.8 Å². The maximum atomic E-state index is 13.3. The molecule has 8 heterocycles. The van der Waals surface area contributed by atoms with Crippen LogP contribution in [0.1, 0.15) is 115 Å². The minimum Gasteiger partial charge on any atom is -0.477 e. The Labute approximate surface area is 456 Å². The second-order valence-electron chi connectivity index (χ2n) is 20.5. The Morgan fingerprint density at radius 3 is 1.41 bits per heavy atom. The lowest BCUT2D eigenvalue weighted by molar-refractivity contribution is -0.134. The number of hydrogen-bond donors (Lipinski definition) is 1. The van der Waals surface area contributed by atoms with Crippen LogP contribution < -0.4 is 9.80 Å². The van der Waals surface area contributed by atoms with Crippen LogP contribution in [0.2, 0.25) is 0 Å². The van der Waals surface area contributed by atoms with E-state index in [1.54, 1.807) is 6.07 Å². The average molecular weight is 1080 g/mol. The van der Waals surface area contributed by atoms with Gasteiger partial charge < -0.3 is 48.1 Å². The van der Waals surface area contributed by atoms with Crippen LogP contribution >= 0.6 is 24.8 Å². The summed E-state index contributed by atoms with van der Waals surface area (Å²) in [5.74, 6) is -0.288. The van der Waals surface area contributed by atoms with Crippen molar-refractivity contribution < 1.29 is 38.5 Å². The van der Waals surface area contributed by atoms with Crippen molar-refractivity contribution in [3.8, 4) is 22.5 Å². The van der Waals surface area contributed by atoms with Crippen LogP contribution in [0.3, 0.4) is 0 Å². The molecule has 76 heavy (non-hydrogen) atoms. The molecule has 0 unspecified atom stereocenters. The molecule has 1 N–H and O–H groups in total. The number of amides is 2. The van der Waals surface area contributed by atoms with Crippen LogP contribution in [-0.2, 0) is 36.9 Å². The number of fused-ring (bicyclic) bond motifs is 10. The summed E-state index contributed by atoms with van der Waals surface area (Å²) in [7, 11) is 0. The van der Waals surface area contributed by atoms with Crippen molar-refractivity contribution in [1.29, 1.82) is 0 Å². The van der Waals surface area contributed by atoms with E-state index in [4.69, 9.17) is 19.2 Å². The smallest absolute Gasteiger partial charge is 0.356 e. The number of carbonyl (C=O) groups is 4. The second-order valence-corrected chi connectivity index (χ2v) is 20.5. The minimum atomic E-state index is -1.02. The van der Waals surface area contributed by atoms with E-state index >= 15 is 0 Å². The zero-order valence-corrected chi connectivity index (χ0v) is 45.1. The van der Waals surface area contributed by atoms with Crippen molar-refractivity contribution in [2.75, 3.05) is 95.2 Å². The summed E-state index contributed by atoms with van der Waals surface area (Å²) in [6.45, 7) is 10.3. The number of carbonyl (C=O) groups excluding carboxylic acids is 3. The van der Waals surface area contributed by atoms with Gasteiger partial charge in [-0.05, 0) is 92.0 Å². The standard InChI is InChI=1S/C30H36N4O4.C28H32N4O4.2ClH/c1-2-38-30(36)24-13-12-23-27(21-8-4-3-5-9-21)28-22-10-6-7-11-25(22)33(14-15-34(28)29(23)31-24)20-26(35)32-16-18-37-19-17-32;33-24(30-14-16-36-17-15-30)18-31-12-13-32-26(20-8-4-5-9-23(20)31)25(19-6-2-1-3-7-19)21-10-11-22(28(34)35)29-27(21)32;;/h6-7,10-13,21H,2-5,8-9,14-20H2,1H3;4-5,8-11,19H,1-3,6-7,12-18H2,(H,34,35);2*1H. The van der Waals surface area contributed by atoms with Crippen molar-refractivity contribution in [3.63, 3.8) is 0 Å². The fourth-order valence-corrected chi connectivity index (χ4v) is 12.6. The van der Waals surface area contributed by atoms with Crippen molar-refractivity contribution in [2.45, 2.75) is 96.1 Å². The van der Waals surface area contributed by atoms with Gasteiger partial charge in [-0.25, -0.2) is 19.6 Å². The first-order valence-electron chi connectivity index (χ1n) is 27.1. The number of carboxylic acid groups (broad SMARTS) is 1. The number of aromatic nitrogens is 4. The molecule has 12 rings (SSSR count). The lowest BCUT2D eigenvalue weighted by atomic mass is 9.82. The monoisotopic (exact) mass is 1080 g/mol. The molecule has 404 valence electrons. The van der Waals surface area contributed by atoms with Crippen molar-refractivity contribution in [2.24, 2.45) is 0 Å². The van der Waals surface area contributed by atoms with Gasteiger partial charge in [0.25, 0.3) is 0 Å². The molecule has 0 radical (unpaired) electrons. The molecule has 4 aliphatic heterocycles. The summed E-state index contributed by atoms with van der Waals surface area (Å²) in [5.41, 5.74) is 11.3. The van der Waals surface area contributed by atoms with Crippen molar-refractivity contribution in [1.82, 2.24) is 28.9 Å². The second kappa shape index (κ2) is 24.4. The number of benzene rings is 2. The summed E-state index contributed by atoms with van der Waals surface area (Å²) in [4.78, 5) is 68.5. The summed E-state index contributed by atoms with van der Waals surface area (Å²) >= 11 is 0. The predicted molar refractivity (Wildman–Crippen MR) is 299 cm³/mol.